The molecule has 0 aliphatic rings. The van der Waals surface area contributed by atoms with Crippen molar-refractivity contribution < 1.29 is 4.74 Å². The zero-order chi connectivity index (χ0) is 13.0. The maximum absolute atomic E-state index is 5.67. The third-order valence-electron chi connectivity index (χ3n) is 2.92. The highest BCUT2D eigenvalue weighted by molar-refractivity contribution is 5.41. The molecule has 1 aromatic carbocycles. The molecule has 0 amide bonds. The lowest BCUT2D eigenvalue weighted by Crippen LogP contribution is -2.08. The lowest BCUT2D eigenvalue weighted by Gasteiger charge is -2.10. The first-order valence-corrected chi connectivity index (χ1v) is 6.02. The molecule has 0 aliphatic carbocycles. The standard InChI is InChI=1S/C13H18N4O/c1-3-10-6-4-5-7-12(10)17-13(9-18-2)11(8-14)15-16-17/h4-7H,3,8-9,14H2,1-2H3. The highest BCUT2D eigenvalue weighted by Crippen LogP contribution is 2.18. The van der Waals surface area contributed by atoms with Gasteiger partial charge in [0, 0.05) is 13.7 Å². The Labute approximate surface area is 107 Å². The summed E-state index contributed by atoms with van der Waals surface area (Å²) in [6.07, 6.45) is 0.945. The summed E-state index contributed by atoms with van der Waals surface area (Å²) >= 11 is 0. The predicted octanol–water partition coefficient (Wildman–Crippen LogP) is 1.43. The molecule has 2 N–H and O–H groups in total. The number of hydrogen-bond acceptors (Lipinski definition) is 4. The van der Waals surface area contributed by atoms with E-state index in [1.807, 2.05) is 22.9 Å². The Morgan fingerprint density at radius 3 is 2.78 bits per heavy atom. The van der Waals surface area contributed by atoms with Crippen molar-refractivity contribution in [3.05, 3.63) is 41.2 Å². The summed E-state index contributed by atoms with van der Waals surface area (Å²) in [6.45, 7) is 2.94. The van der Waals surface area contributed by atoms with Crippen molar-refractivity contribution in [2.45, 2.75) is 26.5 Å². The molecule has 5 heteroatoms. The molecule has 0 atom stereocenters. The number of nitrogens with two attached hydrogens (primary N) is 1. The van der Waals surface area contributed by atoms with Crippen LogP contribution >= 0.6 is 0 Å². The lowest BCUT2D eigenvalue weighted by atomic mass is 10.1. The minimum Gasteiger partial charge on any atom is -0.378 e. The summed E-state index contributed by atoms with van der Waals surface area (Å²) < 4.78 is 7.03. The summed E-state index contributed by atoms with van der Waals surface area (Å²) in [6, 6.07) is 8.15. The quantitative estimate of drug-likeness (QED) is 0.866. The molecule has 0 fully saturated rings. The largest absolute Gasteiger partial charge is 0.378 e. The Kier molecular flexibility index (Phi) is 4.07. The highest BCUT2D eigenvalue weighted by atomic mass is 16.5. The number of rotatable bonds is 5. The van der Waals surface area contributed by atoms with E-state index in [1.165, 1.54) is 5.56 Å². The Hall–Kier alpha value is -1.72. The van der Waals surface area contributed by atoms with E-state index in [0.717, 1.165) is 23.5 Å². The molecule has 0 saturated heterocycles. The first-order chi connectivity index (χ1) is 8.81. The molecule has 0 unspecified atom stereocenters. The minimum absolute atomic E-state index is 0.368. The van der Waals surface area contributed by atoms with Crippen LogP contribution in [0.25, 0.3) is 5.69 Å². The van der Waals surface area contributed by atoms with E-state index >= 15 is 0 Å². The molecule has 0 spiro atoms. The second-order valence-electron chi connectivity index (χ2n) is 4.01. The third kappa shape index (κ3) is 2.27. The van der Waals surface area contributed by atoms with Crippen molar-refractivity contribution in [1.82, 2.24) is 15.0 Å². The zero-order valence-corrected chi connectivity index (χ0v) is 10.8. The fourth-order valence-electron chi connectivity index (χ4n) is 1.98. The van der Waals surface area contributed by atoms with Crippen LogP contribution in [0.5, 0.6) is 0 Å². The van der Waals surface area contributed by atoms with Gasteiger partial charge in [0.1, 0.15) is 5.69 Å². The number of hydrogen-bond donors (Lipinski definition) is 1. The number of ether oxygens (including phenoxy) is 1. The van der Waals surface area contributed by atoms with Gasteiger partial charge in [0.05, 0.1) is 18.0 Å². The molecular weight excluding hydrogens is 228 g/mol. The van der Waals surface area contributed by atoms with E-state index in [-0.39, 0.29) is 0 Å². The maximum atomic E-state index is 5.67. The van der Waals surface area contributed by atoms with Crippen LogP contribution in [0, 0.1) is 0 Å². The molecule has 0 bridgehead atoms. The molecule has 1 aromatic heterocycles. The molecule has 0 saturated carbocycles. The van der Waals surface area contributed by atoms with Gasteiger partial charge in [-0.25, -0.2) is 4.68 Å². The first-order valence-electron chi connectivity index (χ1n) is 6.02. The van der Waals surface area contributed by atoms with Crippen molar-refractivity contribution in [2.24, 2.45) is 5.73 Å². The molecule has 2 rings (SSSR count). The van der Waals surface area contributed by atoms with Gasteiger partial charge in [0.15, 0.2) is 0 Å². The van der Waals surface area contributed by atoms with Crippen molar-refractivity contribution in [2.75, 3.05) is 7.11 Å². The maximum Gasteiger partial charge on any atom is 0.102 e. The topological polar surface area (TPSA) is 66.0 Å². The van der Waals surface area contributed by atoms with Gasteiger partial charge in [-0.3, -0.25) is 0 Å². The second-order valence-corrected chi connectivity index (χ2v) is 4.01. The van der Waals surface area contributed by atoms with Gasteiger partial charge in [0.2, 0.25) is 0 Å². The van der Waals surface area contributed by atoms with E-state index < -0.39 is 0 Å². The van der Waals surface area contributed by atoms with Crippen molar-refractivity contribution in [3.63, 3.8) is 0 Å². The van der Waals surface area contributed by atoms with Crippen LogP contribution < -0.4 is 5.73 Å². The normalized spacial score (nSPS) is 10.8. The summed E-state index contributed by atoms with van der Waals surface area (Å²) in [5, 5.41) is 8.30. The molecule has 96 valence electrons. The third-order valence-corrected chi connectivity index (χ3v) is 2.92. The van der Waals surface area contributed by atoms with Gasteiger partial charge < -0.3 is 10.5 Å². The summed E-state index contributed by atoms with van der Waals surface area (Å²) in [5.41, 5.74) is 9.64. The monoisotopic (exact) mass is 246 g/mol. The SMILES string of the molecule is CCc1ccccc1-n1nnc(CN)c1COC. The summed E-state index contributed by atoms with van der Waals surface area (Å²) in [7, 11) is 1.66. The van der Waals surface area contributed by atoms with Crippen LogP contribution in [0.3, 0.4) is 0 Å². The van der Waals surface area contributed by atoms with Crippen LogP contribution in [-0.4, -0.2) is 22.1 Å². The van der Waals surface area contributed by atoms with E-state index in [9.17, 15) is 0 Å². The van der Waals surface area contributed by atoms with E-state index in [4.69, 9.17) is 10.5 Å². The Balaban J connectivity index is 2.52. The number of aryl methyl sites for hydroxylation is 1. The summed E-state index contributed by atoms with van der Waals surface area (Å²) in [5.74, 6) is 0. The fraction of sp³-hybridized carbons (Fsp3) is 0.385. The number of para-hydroxylation sites is 1. The van der Waals surface area contributed by atoms with Crippen LogP contribution in [0.2, 0.25) is 0 Å². The minimum atomic E-state index is 0.368. The zero-order valence-electron chi connectivity index (χ0n) is 10.8. The lowest BCUT2D eigenvalue weighted by molar-refractivity contribution is 0.178. The Morgan fingerprint density at radius 2 is 2.11 bits per heavy atom. The van der Waals surface area contributed by atoms with Gasteiger partial charge in [-0.2, -0.15) is 0 Å². The average Bonchev–Trinajstić information content (AvgIpc) is 2.82. The van der Waals surface area contributed by atoms with Crippen LogP contribution in [0.15, 0.2) is 24.3 Å². The van der Waals surface area contributed by atoms with Gasteiger partial charge in [-0.1, -0.05) is 30.3 Å². The van der Waals surface area contributed by atoms with Crippen molar-refractivity contribution in [1.29, 1.82) is 0 Å². The van der Waals surface area contributed by atoms with Gasteiger partial charge in [0.25, 0.3) is 0 Å². The first kappa shape index (κ1) is 12.7. The Morgan fingerprint density at radius 1 is 1.33 bits per heavy atom. The van der Waals surface area contributed by atoms with Gasteiger partial charge in [-0.05, 0) is 18.1 Å². The number of aromatic nitrogens is 3. The highest BCUT2D eigenvalue weighted by Gasteiger charge is 2.14. The molecule has 18 heavy (non-hydrogen) atoms. The molecule has 1 heterocycles. The Bertz CT molecular complexity index is 521. The van der Waals surface area contributed by atoms with Crippen LogP contribution in [0.4, 0.5) is 0 Å². The smallest absolute Gasteiger partial charge is 0.102 e. The van der Waals surface area contributed by atoms with Gasteiger partial charge in [-0.15, -0.1) is 5.10 Å². The fourth-order valence-corrected chi connectivity index (χ4v) is 1.98. The molecule has 0 aliphatic heterocycles. The van der Waals surface area contributed by atoms with E-state index in [1.54, 1.807) is 7.11 Å². The van der Waals surface area contributed by atoms with Crippen LogP contribution in [-0.2, 0) is 24.3 Å². The van der Waals surface area contributed by atoms with E-state index in [0.29, 0.717) is 13.2 Å². The van der Waals surface area contributed by atoms with Gasteiger partial charge >= 0.3 is 0 Å². The van der Waals surface area contributed by atoms with Crippen LogP contribution in [0.1, 0.15) is 23.9 Å². The second kappa shape index (κ2) is 5.75. The number of benzene rings is 1. The number of methoxy groups -OCH3 is 1. The molecular formula is C13H18N4O. The number of nitrogens with zero attached hydrogens (tertiary/aromatic N) is 3. The molecule has 0 radical (unpaired) electrons. The van der Waals surface area contributed by atoms with Crippen molar-refractivity contribution >= 4 is 0 Å². The molecule has 2 aromatic rings. The predicted molar refractivity (Wildman–Crippen MR) is 69.3 cm³/mol. The average molecular weight is 246 g/mol. The molecule has 5 nitrogen and oxygen atoms in total. The van der Waals surface area contributed by atoms with E-state index in [2.05, 4.69) is 23.3 Å². The summed E-state index contributed by atoms with van der Waals surface area (Å²) in [4.78, 5) is 0. The van der Waals surface area contributed by atoms with Crippen molar-refractivity contribution in [3.8, 4) is 5.69 Å².